The highest BCUT2D eigenvalue weighted by atomic mass is 32.2. The van der Waals surface area contributed by atoms with Crippen LogP contribution in [0.3, 0.4) is 0 Å². The van der Waals surface area contributed by atoms with Gasteiger partial charge in [0.2, 0.25) is 0 Å². The summed E-state index contributed by atoms with van der Waals surface area (Å²) in [6.45, 7) is 1.91. The third-order valence-electron chi connectivity index (χ3n) is 4.23. The number of carboxylic acid groups (broad SMARTS) is 1. The molecule has 0 radical (unpaired) electrons. The van der Waals surface area contributed by atoms with Crippen LogP contribution in [0.25, 0.3) is 17.3 Å². The van der Waals surface area contributed by atoms with Crippen LogP contribution in [0.2, 0.25) is 0 Å². The van der Waals surface area contributed by atoms with E-state index >= 15 is 0 Å². The molecule has 0 saturated heterocycles. The fraction of sp³-hybridized carbons (Fsp3) is 0.143. The van der Waals surface area contributed by atoms with Gasteiger partial charge in [-0.2, -0.15) is 0 Å². The smallest absolute Gasteiger partial charge is 0.328 e. The predicted octanol–water partition coefficient (Wildman–Crippen LogP) is 4.03. The number of benzene rings is 2. The van der Waals surface area contributed by atoms with E-state index in [1.165, 1.54) is 43.8 Å². The molecule has 162 valence electrons. The zero-order valence-electron chi connectivity index (χ0n) is 16.9. The quantitative estimate of drug-likeness (QED) is 0.488. The maximum absolute atomic E-state index is 13.1. The van der Waals surface area contributed by atoms with Crippen LogP contribution in [-0.2, 0) is 14.8 Å². The van der Waals surface area contributed by atoms with E-state index in [4.69, 9.17) is 14.6 Å². The molecule has 2 aromatic carbocycles. The number of sulfonamides is 1. The van der Waals surface area contributed by atoms with Crippen LogP contribution in [0.15, 0.2) is 52.7 Å². The first kappa shape index (κ1) is 22.3. The van der Waals surface area contributed by atoms with Crippen molar-refractivity contribution < 1.29 is 27.8 Å². The predicted molar refractivity (Wildman–Crippen MR) is 119 cm³/mol. The Morgan fingerprint density at radius 2 is 1.87 bits per heavy atom. The summed E-state index contributed by atoms with van der Waals surface area (Å²) in [6, 6.07) is 9.63. The summed E-state index contributed by atoms with van der Waals surface area (Å²) in [4.78, 5) is 15.1. The summed E-state index contributed by atoms with van der Waals surface area (Å²) >= 11 is 1.53. The first-order valence-corrected chi connectivity index (χ1v) is 11.3. The van der Waals surface area contributed by atoms with Gasteiger partial charge in [0.25, 0.3) is 10.0 Å². The van der Waals surface area contributed by atoms with Gasteiger partial charge in [-0.25, -0.2) is 18.2 Å². The molecular formula is C21H20N2O6S2. The molecule has 0 unspecified atom stereocenters. The zero-order chi connectivity index (χ0) is 22.6. The van der Waals surface area contributed by atoms with Crippen molar-refractivity contribution in [2.24, 2.45) is 0 Å². The standard InChI is InChI=1S/C21H20N2O6S2/c1-13-22-17(12-30-13)15-5-7-16(8-6-15)23-31(26,27)19-11-14(4-9-20(24)25)10-18(28-2)21(19)29-3/h4-12,23H,1-3H3,(H,24,25)/b9-4+. The lowest BCUT2D eigenvalue weighted by atomic mass is 10.1. The summed E-state index contributed by atoms with van der Waals surface area (Å²) in [6.07, 6.45) is 2.18. The van der Waals surface area contributed by atoms with Crippen LogP contribution in [0.4, 0.5) is 5.69 Å². The molecule has 0 aliphatic rings. The van der Waals surface area contributed by atoms with Crippen molar-refractivity contribution in [3.05, 3.63) is 58.4 Å². The molecule has 31 heavy (non-hydrogen) atoms. The molecule has 0 aliphatic carbocycles. The molecule has 2 N–H and O–H groups in total. The van der Waals surface area contributed by atoms with Gasteiger partial charge in [-0.05, 0) is 42.8 Å². The number of aryl methyl sites for hydroxylation is 1. The fourth-order valence-electron chi connectivity index (χ4n) is 2.83. The topological polar surface area (TPSA) is 115 Å². The fourth-order valence-corrected chi connectivity index (χ4v) is 4.73. The van der Waals surface area contributed by atoms with E-state index in [9.17, 15) is 13.2 Å². The molecule has 0 spiro atoms. The minimum Gasteiger partial charge on any atom is -0.493 e. The number of ether oxygens (including phenoxy) is 2. The van der Waals surface area contributed by atoms with Crippen molar-refractivity contribution in [3.63, 3.8) is 0 Å². The van der Waals surface area contributed by atoms with E-state index in [1.54, 1.807) is 24.3 Å². The second kappa shape index (κ2) is 9.19. The molecule has 3 aromatic rings. The number of carboxylic acids is 1. The van der Waals surface area contributed by atoms with E-state index in [2.05, 4.69) is 9.71 Å². The molecule has 1 heterocycles. The Kier molecular flexibility index (Phi) is 6.62. The van der Waals surface area contributed by atoms with Gasteiger partial charge in [0.05, 0.1) is 24.9 Å². The monoisotopic (exact) mass is 460 g/mol. The van der Waals surface area contributed by atoms with Crippen molar-refractivity contribution >= 4 is 39.1 Å². The van der Waals surface area contributed by atoms with Crippen LogP contribution < -0.4 is 14.2 Å². The van der Waals surface area contributed by atoms with Crippen LogP contribution in [0, 0.1) is 6.92 Å². The Balaban J connectivity index is 1.96. The second-order valence-electron chi connectivity index (χ2n) is 6.36. The molecule has 0 fully saturated rings. The first-order valence-electron chi connectivity index (χ1n) is 8.96. The Hall–Kier alpha value is -3.37. The highest BCUT2D eigenvalue weighted by molar-refractivity contribution is 7.92. The number of hydrogen-bond acceptors (Lipinski definition) is 7. The van der Waals surface area contributed by atoms with Gasteiger partial charge in [0.1, 0.15) is 4.90 Å². The molecule has 1 aromatic heterocycles. The molecule has 8 nitrogen and oxygen atoms in total. The number of rotatable bonds is 8. The molecule has 0 bridgehead atoms. The largest absolute Gasteiger partial charge is 0.493 e. The Labute approximate surface area is 183 Å². The van der Waals surface area contributed by atoms with Crippen molar-refractivity contribution in [1.29, 1.82) is 0 Å². The number of nitrogens with one attached hydrogen (secondary N) is 1. The minimum atomic E-state index is -4.07. The number of methoxy groups -OCH3 is 2. The van der Waals surface area contributed by atoms with Crippen molar-refractivity contribution in [1.82, 2.24) is 4.98 Å². The van der Waals surface area contributed by atoms with E-state index in [0.29, 0.717) is 11.3 Å². The average Bonchev–Trinajstić information content (AvgIpc) is 3.18. The third-order valence-corrected chi connectivity index (χ3v) is 6.39. The number of anilines is 1. The number of aliphatic carboxylic acids is 1. The SMILES string of the molecule is COc1cc(/C=C/C(=O)O)cc(S(=O)(=O)Nc2ccc(-c3csc(C)n3)cc2)c1OC. The van der Waals surface area contributed by atoms with Gasteiger partial charge in [-0.1, -0.05) is 12.1 Å². The Morgan fingerprint density at radius 1 is 1.16 bits per heavy atom. The first-order chi connectivity index (χ1) is 14.7. The summed E-state index contributed by atoms with van der Waals surface area (Å²) < 4.78 is 39.2. The van der Waals surface area contributed by atoms with Gasteiger partial charge in [-0.3, -0.25) is 4.72 Å². The highest BCUT2D eigenvalue weighted by Crippen LogP contribution is 2.37. The van der Waals surface area contributed by atoms with Crippen molar-refractivity contribution in [2.45, 2.75) is 11.8 Å². The molecular weight excluding hydrogens is 440 g/mol. The minimum absolute atomic E-state index is 0.0112. The molecule has 0 amide bonds. The highest BCUT2D eigenvalue weighted by Gasteiger charge is 2.24. The lowest BCUT2D eigenvalue weighted by Gasteiger charge is -2.15. The maximum atomic E-state index is 13.1. The van der Waals surface area contributed by atoms with Crippen LogP contribution >= 0.6 is 11.3 Å². The maximum Gasteiger partial charge on any atom is 0.328 e. The Bertz CT molecular complexity index is 1230. The van der Waals surface area contributed by atoms with Crippen LogP contribution in [0.1, 0.15) is 10.6 Å². The van der Waals surface area contributed by atoms with E-state index in [1.807, 2.05) is 12.3 Å². The molecule has 10 heteroatoms. The lowest BCUT2D eigenvalue weighted by molar-refractivity contribution is -0.131. The van der Waals surface area contributed by atoms with Gasteiger partial charge < -0.3 is 14.6 Å². The summed E-state index contributed by atoms with van der Waals surface area (Å²) in [5.41, 5.74) is 2.37. The van der Waals surface area contributed by atoms with Crippen LogP contribution in [0.5, 0.6) is 11.5 Å². The summed E-state index contributed by atoms with van der Waals surface area (Å²) in [7, 11) is -1.38. The normalized spacial score (nSPS) is 11.5. The lowest BCUT2D eigenvalue weighted by Crippen LogP contribution is -2.14. The number of carbonyl (C=O) groups is 1. The van der Waals surface area contributed by atoms with Gasteiger partial charge in [0, 0.05) is 22.7 Å². The summed E-state index contributed by atoms with van der Waals surface area (Å²) in [5, 5.41) is 11.7. The Morgan fingerprint density at radius 3 is 2.42 bits per heavy atom. The van der Waals surface area contributed by atoms with Crippen molar-refractivity contribution in [3.8, 4) is 22.8 Å². The number of aromatic nitrogens is 1. The molecule has 0 atom stereocenters. The second-order valence-corrected chi connectivity index (χ2v) is 9.07. The number of nitrogens with zero attached hydrogens (tertiary/aromatic N) is 1. The van der Waals surface area contributed by atoms with E-state index in [0.717, 1.165) is 22.3 Å². The van der Waals surface area contributed by atoms with Gasteiger partial charge in [0.15, 0.2) is 11.5 Å². The van der Waals surface area contributed by atoms with Crippen molar-refractivity contribution in [2.75, 3.05) is 18.9 Å². The molecule has 3 rings (SSSR count). The molecule has 0 aliphatic heterocycles. The van der Waals surface area contributed by atoms with E-state index in [-0.39, 0.29) is 16.4 Å². The van der Waals surface area contributed by atoms with Gasteiger partial charge in [-0.15, -0.1) is 11.3 Å². The van der Waals surface area contributed by atoms with Crippen LogP contribution in [-0.4, -0.2) is 38.7 Å². The summed E-state index contributed by atoms with van der Waals surface area (Å²) in [5.74, 6) is -0.991. The molecule has 0 saturated carbocycles. The third kappa shape index (κ3) is 5.22. The number of thiazole rings is 1. The van der Waals surface area contributed by atoms with Gasteiger partial charge >= 0.3 is 5.97 Å². The van der Waals surface area contributed by atoms with E-state index < -0.39 is 16.0 Å². The number of hydrogen-bond donors (Lipinski definition) is 2. The average molecular weight is 461 g/mol. The zero-order valence-corrected chi connectivity index (χ0v) is 18.6.